The Balaban J connectivity index is 0.00000220. The second kappa shape index (κ2) is 8.88. The monoisotopic (exact) mass is 364 g/mol. The van der Waals surface area contributed by atoms with E-state index in [4.69, 9.17) is 10.5 Å². The molecule has 1 aliphatic heterocycles. The third-order valence-corrected chi connectivity index (χ3v) is 3.23. The van der Waals surface area contributed by atoms with Crippen LogP contribution in [0.2, 0.25) is 0 Å². The summed E-state index contributed by atoms with van der Waals surface area (Å²) < 4.78 is 56.2. The average Bonchev–Trinajstić information content (AvgIpc) is 2.37. The van der Waals surface area contributed by atoms with Gasteiger partial charge in [-0.1, -0.05) is 6.07 Å². The van der Waals surface area contributed by atoms with Crippen LogP contribution in [0.5, 0.6) is 0 Å². The van der Waals surface area contributed by atoms with E-state index in [1.165, 1.54) is 6.07 Å². The SMILES string of the molecule is Cl.Cl.NCC1CN(Cc2ccc(C(F)(F)F)c(F)c2)CCO1. The van der Waals surface area contributed by atoms with Gasteiger partial charge < -0.3 is 10.5 Å². The van der Waals surface area contributed by atoms with Gasteiger partial charge in [-0.2, -0.15) is 13.2 Å². The van der Waals surface area contributed by atoms with E-state index in [0.29, 0.717) is 38.3 Å². The molecule has 3 nitrogen and oxygen atoms in total. The third-order valence-electron chi connectivity index (χ3n) is 3.23. The average molecular weight is 365 g/mol. The molecule has 1 aromatic rings. The fourth-order valence-corrected chi connectivity index (χ4v) is 2.21. The van der Waals surface area contributed by atoms with Gasteiger partial charge in [0, 0.05) is 26.2 Å². The second-order valence-corrected chi connectivity index (χ2v) is 4.78. The van der Waals surface area contributed by atoms with Crippen molar-refractivity contribution in [2.45, 2.75) is 18.8 Å². The van der Waals surface area contributed by atoms with Crippen molar-refractivity contribution >= 4 is 24.8 Å². The van der Waals surface area contributed by atoms with Gasteiger partial charge in [0.1, 0.15) is 5.82 Å². The Morgan fingerprint density at radius 1 is 1.27 bits per heavy atom. The molecule has 1 aliphatic rings. The van der Waals surface area contributed by atoms with Crippen molar-refractivity contribution in [1.29, 1.82) is 0 Å². The number of hydrogen-bond acceptors (Lipinski definition) is 3. The lowest BCUT2D eigenvalue weighted by atomic mass is 10.1. The van der Waals surface area contributed by atoms with Gasteiger partial charge in [0.15, 0.2) is 0 Å². The van der Waals surface area contributed by atoms with Crippen molar-refractivity contribution in [3.05, 3.63) is 35.1 Å². The second-order valence-electron chi connectivity index (χ2n) is 4.78. The van der Waals surface area contributed by atoms with Crippen molar-refractivity contribution in [3.63, 3.8) is 0 Å². The number of nitrogens with zero attached hydrogens (tertiary/aromatic N) is 1. The summed E-state index contributed by atoms with van der Waals surface area (Å²) in [5.41, 5.74) is 4.79. The topological polar surface area (TPSA) is 38.5 Å². The van der Waals surface area contributed by atoms with Crippen LogP contribution in [-0.2, 0) is 17.5 Å². The first kappa shape index (κ1) is 21.4. The summed E-state index contributed by atoms with van der Waals surface area (Å²) in [5, 5.41) is 0. The Hall–Kier alpha value is -0.600. The molecule has 0 saturated carbocycles. The van der Waals surface area contributed by atoms with E-state index in [9.17, 15) is 17.6 Å². The van der Waals surface area contributed by atoms with Gasteiger partial charge in [-0.05, 0) is 17.7 Å². The maximum Gasteiger partial charge on any atom is 0.419 e. The molecule has 9 heteroatoms. The minimum atomic E-state index is -4.66. The Labute approximate surface area is 138 Å². The third kappa shape index (κ3) is 5.55. The molecular formula is C13H18Cl2F4N2O. The highest BCUT2D eigenvalue weighted by molar-refractivity contribution is 5.85. The quantitative estimate of drug-likeness (QED) is 0.838. The van der Waals surface area contributed by atoms with E-state index < -0.39 is 17.6 Å². The van der Waals surface area contributed by atoms with Crippen LogP contribution < -0.4 is 5.73 Å². The molecule has 2 rings (SSSR count). The molecule has 0 radical (unpaired) electrons. The zero-order valence-electron chi connectivity index (χ0n) is 11.6. The van der Waals surface area contributed by atoms with E-state index in [1.807, 2.05) is 4.90 Å². The molecule has 0 aliphatic carbocycles. The molecule has 1 heterocycles. The van der Waals surface area contributed by atoms with Crippen LogP contribution in [0.25, 0.3) is 0 Å². The van der Waals surface area contributed by atoms with Crippen molar-refractivity contribution in [1.82, 2.24) is 4.90 Å². The van der Waals surface area contributed by atoms with Crippen LogP contribution in [0.1, 0.15) is 11.1 Å². The van der Waals surface area contributed by atoms with Crippen LogP contribution in [0.3, 0.4) is 0 Å². The molecule has 1 atom stereocenters. The lowest BCUT2D eigenvalue weighted by molar-refractivity contribution is -0.140. The smallest absolute Gasteiger partial charge is 0.374 e. The van der Waals surface area contributed by atoms with Gasteiger partial charge in [0.05, 0.1) is 18.3 Å². The molecular weight excluding hydrogens is 347 g/mol. The molecule has 0 spiro atoms. The molecule has 128 valence electrons. The molecule has 1 fully saturated rings. The van der Waals surface area contributed by atoms with E-state index in [-0.39, 0.29) is 30.9 Å². The maximum absolute atomic E-state index is 13.5. The highest BCUT2D eigenvalue weighted by atomic mass is 35.5. The van der Waals surface area contributed by atoms with Crippen molar-refractivity contribution in [2.75, 3.05) is 26.2 Å². The van der Waals surface area contributed by atoms with Crippen molar-refractivity contribution in [2.24, 2.45) is 5.73 Å². The van der Waals surface area contributed by atoms with Crippen LogP contribution in [0, 0.1) is 5.82 Å². The lowest BCUT2D eigenvalue weighted by Gasteiger charge is -2.32. The summed E-state index contributed by atoms with van der Waals surface area (Å²) in [5.74, 6) is -1.24. The first-order chi connectivity index (χ1) is 9.40. The number of morpholine rings is 1. The van der Waals surface area contributed by atoms with Crippen LogP contribution >= 0.6 is 24.8 Å². The van der Waals surface area contributed by atoms with E-state index in [1.54, 1.807) is 0 Å². The lowest BCUT2D eigenvalue weighted by Crippen LogP contribution is -2.45. The number of rotatable bonds is 3. The minimum absolute atomic E-state index is 0. The van der Waals surface area contributed by atoms with Gasteiger partial charge in [0.2, 0.25) is 0 Å². The number of ether oxygens (including phenoxy) is 1. The fraction of sp³-hybridized carbons (Fsp3) is 0.538. The predicted octanol–water partition coefficient (Wildman–Crippen LogP) is 2.85. The largest absolute Gasteiger partial charge is 0.419 e. The van der Waals surface area contributed by atoms with Crippen LogP contribution in [0.15, 0.2) is 18.2 Å². The summed E-state index contributed by atoms with van der Waals surface area (Å²) in [6, 6.07) is 3.03. The zero-order chi connectivity index (χ0) is 14.8. The fourth-order valence-electron chi connectivity index (χ4n) is 2.21. The summed E-state index contributed by atoms with van der Waals surface area (Å²) in [7, 11) is 0. The first-order valence-corrected chi connectivity index (χ1v) is 6.30. The summed E-state index contributed by atoms with van der Waals surface area (Å²) >= 11 is 0. The Bertz CT molecular complexity index is 474. The number of nitrogens with two attached hydrogens (primary N) is 1. The van der Waals surface area contributed by atoms with E-state index >= 15 is 0 Å². The van der Waals surface area contributed by atoms with Crippen molar-refractivity contribution in [3.8, 4) is 0 Å². The van der Waals surface area contributed by atoms with Gasteiger partial charge in [-0.15, -0.1) is 24.8 Å². The molecule has 22 heavy (non-hydrogen) atoms. The number of halogens is 6. The molecule has 1 saturated heterocycles. The number of hydrogen-bond donors (Lipinski definition) is 1. The minimum Gasteiger partial charge on any atom is -0.374 e. The summed E-state index contributed by atoms with van der Waals surface area (Å²) in [6.07, 6.45) is -4.74. The molecule has 1 unspecified atom stereocenters. The highest BCUT2D eigenvalue weighted by Gasteiger charge is 2.34. The van der Waals surface area contributed by atoms with Gasteiger partial charge in [0.25, 0.3) is 0 Å². The predicted molar refractivity (Wildman–Crippen MR) is 80.0 cm³/mol. The molecule has 0 aromatic heterocycles. The Morgan fingerprint density at radius 2 is 1.95 bits per heavy atom. The molecule has 2 N–H and O–H groups in total. The zero-order valence-corrected chi connectivity index (χ0v) is 13.2. The maximum atomic E-state index is 13.5. The standard InChI is InChI=1S/C13H16F4N2O.2ClH/c14-12-5-9(1-2-11(12)13(15,16)17)7-19-3-4-20-10(6-18)8-19;;/h1-2,5,10H,3-4,6-8,18H2;2*1H. The normalized spacial score (nSPS) is 19.2. The van der Waals surface area contributed by atoms with Crippen LogP contribution in [0.4, 0.5) is 17.6 Å². The summed E-state index contributed by atoms with van der Waals surface area (Å²) in [4.78, 5) is 1.99. The molecule has 0 bridgehead atoms. The molecule has 1 aromatic carbocycles. The first-order valence-electron chi connectivity index (χ1n) is 6.30. The molecule has 0 amide bonds. The van der Waals surface area contributed by atoms with E-state index in [2.05, 4.69) is 0 Å². The highest BCUT2D eigenvalue weighted by Crippen LogP contribution is 2.31. The van der Waals surface area contributed by atoms with Gasteiger partial charge in [-0.3, -0.25) is 4.90 Å². The van der Waals surface area contributed by atoms with Crippen molar-refractivity contribution < 1.29 is 22.3 Å². The Morgan fingerprint density at radius 3 is 2.50 bits per heavy atom. The van der Waals surface area contributed by atoms with Crippen LogP contribution in [-0.4, -0.2) is 37.2 Å². The van der Waals surface area contributed by atoms with Gasteiger partial charge >= 0.3 is 6.18 Å². The summed E-state index contributed by atoms with van der Waals surface area (Å²) in [6.45, 7) is 2.54. The number of alkyl halides is 3. The Kier molecular flexibility index (Phi) is 8.64. The van der Waals surface area contributed by atoms with Gasteiger partial charge in [-0.25, -0.2) is 4.39 Å². The van der Waals surface area contributed by atoms with E-state index in [0.717, 1.165) is 12.1 Å². The number of benzene rings is 1.